The first-order chi connectivity index (χ1) is 13.9. The second-order valence-corrected chi connectivity index (χ2v) is 6.76. The molecule has 8 heteroatoms. The molecule has 0 aromatic heterocycles. The maximum absolute atomic E-state index is 13.4. The largest absolute Gasteiger partial charge is 0.497 e. The minimum atomic E-state index is -1.63. The minimum Gasteiger partial charge on any atom is -0.497 e. The monoisotopic (exact) mass is 393 g/mol. The Morgan fingerprint density at radius 1 is 1.21 bits per heavy atom. The van der Waals surface area contributed by atoms with E-state index in [4.69, 9.17) is 4.74 Å². The number of nitrogens with one attached hydrogen (secondary N) is 2. The van der Waals surface area contributed by atoms with Crippen molar-refractivity contribution >= 4 is 17.8 Å². The summed E-state index contributed by atoms with van der Waals surface area (Å²) in [6, 6.07) is 10.0. The summed E-state index contributed by atoms with van der Waals surface area (Å²) in [7, 11) is 1.51. The van der Waals surface area contributed by atoms with Gasteiger partial charge in [-0.05, 0) is 35.9 Å². The number of halogens is 1. The van der Waals surface area contributed by atoms with Crippen LogP contribution in [-0.4, -0.2) is 41.9 Å². The normalized spacial score (nSPS) is 19.9. The maximum atomic E-state index is 13.4. The third-order valence-electron chi connectivity index (χ3n) is 4.81. The SMILES string of the molecule is COc1ccc2c(c1)C(=O)N(C[C@@]1(C#Cc3cccc(F)c3)NC(=O)NC1=O)C2. The molecule has 0 unspecified atom stereocenters. The fraction of sp³-hybridized carbons (Fsp3) is 0.190. The molecular formula is C21H16FN3O4. The zero-order chi connectivity index (χ0) is 20.6. The summed E-state index contributed by atoms with van der Waals surface area (Å²) in [4.78, 5) is 38.6. The van der Waals surface area contributed by atoms with Crippen molar-refractivity contribution in [3.8, 4) is 17.6 Å². The lowest BCUT2D eigenvalue weighted by Gasteiger charge is -2.26. The van der Waals surface area contributed by atoms with Gasteiger partial charge in [0.25, 0.3) is 11.8 Å². The summed E-state index contributed by atoms with van der Waals surface area (Å²) in [5.74, 6) is 4.59. The highest BCUT2D eigenvalue weighted by atomic mass is 19.1. The van der Waals surface area contributed by atoms with Crippen LogP contribution in [0.15, 0.2) is 42.5 Å². The molecule has 1 atom stereocenters. The molecule has 0 spiro atoms. The summed E-state index contributed by atoms with van der Waals surface area (Å²) in [6.07, 6.45) is 0. The molecule has 1 fully saturated rings. The average Bonchev–Trinajstić information content (AvgIpc) is 3.15. The van der Waals surface area contributed by atoms with E-state index in [1.54, 1.807) is 24.3 Å². The Balaban J connectivity index is 1.65. The molecule has 146 valence electrons. The Labute approximate surface area is 165 Å². The fourth-order valence-electron chi connectivity index (χ4n) is 3.36. The second-order valence-electron chi connectivity index (χ2n) is 6.76. The van der Waals surface area contributed by atoms with Gasteiger partial charge in [-0.15, -0.1) is 0 Å². The van der Waals surface area contributed by atoms with Gasteiger partial charge >= 0.3 is 6.03 Å². The van der Waals surface area contributed by atoms with E-state index in [0.717, 1.165) is 5.56 Å². The molecule has 2 heterocycles. The van der Waals surface area contributed by atoms with Crippen molar-refractivity contribution in [1.29, 1.82) is 0 Å². The fourth-order valence-corrected chi connectivity index (χ4v) is 3.36. The Morgan fingerprint density at radius 3 is 2.72 bits per heavy atom. The molecular weight excluding hydrogens is 377 g/mol. The van der Waals surface area contributed by atoms with Gasteiger partial charge in [0.05, 0.1) is 13.7 Å². The van der Waals surface area contributed by atoms with Crippen molar-refractivity contribution in [2.24, 2.45) is 0 Å². The number of imide groups is 1. The van der Waals surface area contributed by atoms with Gasteiger partial charge in [-0.3, -0.25) is 14.9 Å². The summed E-state index contributed by atoms with van der Waals surface area (Å²) in [5.41, 5.74) is -0.0271. The zero-order valence-electron chi connectivity index (χ0n) is 15.4. The molecule has 0 bridgehead atoms. The average molecular weight is 393 g/mol. The number of ether oxygens (including phenoxy) is 1. The van der Waals surface area contributed by atoms with Crippen LogP contribution in [-0.2, 0) is 11.3 Å². The predicted molar refractivity (Wildman–Crippen MR) is 100 cm³/mol. The highest BCUT2D eigenvalue weighted by molar-refractivity contribution is 6.10. The highest BCUT2D eigenvalue weighted by Crippen LogP contribution is 2.28. The Morgan fingerprint density at radius 2 is 2.03 bits per heavy atom. The number of nitrogens with zero attached hydrogens (tertiary/aromatic N) is 1. The van der Waals surface area contributed by atoms with E-state index in [0.29, 0.717) is 16.9 Å². The van der Waals surface area contributed by atoms with Gasteiger partial charge in [0.2, 0.25) is 5.54 Å². The van der Waals surface area contributed by atoms with E-state index in [-0.39, 0.29) is 19.0 Å². The summed E-state index contributed by atoms with van der Waals surface area (Å²) < 4.78 is 18.6. The van der Waals surface area contributed by atoms with Gasteiger partial charge in [0.1, 0.15) is 11.6 Å². The van der Waals surface area contributed by atoms with Gasteiger partial charge in [0, 0.05) is 17.7 Å². The zero-order valence-corrected chi connectivity index (χ0v) is 15.4. The minimum absolute atomic E-state index is 0.150. The topological polar surface area (TPSA) is 87.7 Å². The van der Waals surface area contributed by atoms with Crippen LogP contribution in [0.1, 0.15) is 21.5 Å². The number of carbonyl (C=O) groups excluding carboxylic acids is 3. The third kappa shape index (κ3) is 3.38. The van der Waals surface area contributed by atoms with Crippen molar-refractivity contribution in [3.05, 3.63) is 65.0 Å². The van der Waals surface area contributed by atoms with E-state index < -0.39 is 23.3 Å². The molecule has 2 N–H and O–H groups in total. The van der Waals surface area contributed by atoms with E-state index >= 15 is 0 Å². The molecule has 1 saturated heterocycles. The van der Waals surface area contributed by atoms with Gasteiger partial charge in [-0.25, -0.2) is 9.18 Å². The lowest BCUT2D eigenvalue weighted by molar-refractivity contribution is -0.122. The number of amides is 4. The second kappa shape index (κ2) is 6.95. The van der Waals surface area contributed by atoms with Crippen molar-refractivity contribution < 1.29 is 23.5 Å². The number of methoxy groups -OCH3 is 1. The van der Waals surface area contributed by atoms with Crippen LogP contribution in [0.3, 0.4) is 0 Å². The molecule has 7 nitrogen and oxygen atoms in total. The number of rotatable bonds is 3. The van der Waals surface area contributed by atoms with Crippen LogP contribution < -0.4 is 15.4 Å². The van der Waals surface area contributed by atoms with Crippen LogP contribution >= 0.6 is 0 Å². The lowest BCUT2D eigenvalue weighted by Crippen LogP contribution is -2.54. The van der Waals surface area contributed by atoms with E-state index in [2.05, 4.69) is 22.5 Å². The number of benzene rings is 2. The number of hydrogen-bond donors (Lipinski definition) is 2. The standard InChI is InChI=1S/C21H16FN3O4/c1-29-16-6-5-14-11-25(18(26)17(14)10-16)12-21(19(27)23-20(28)24-21)8-7-13-3-2-4-15(22)9-13/h2-6,9-10H,11-12H2,1H3,(H2,23,24,27,28)/t21-/m1/s1. The number of fused-ring (bicyclic) bond motifs is 1. The van der Waals surface area contributed by atoms with Gasteiger partial charge in [-0.1, -0.05) is 24.0 Å². The van der Waals surface area contributed by atoms with Crippen LogP contribution in [0.25, 0.3) is 0 Å². The first-order valence-electron chi connectivity index (χ1n) is 8.79. The predicted octanol–water partition coefficient (Wildman–Crippen LogP) is 1.42. The molecule has 4 amide bonds. The van der Waals surface area contributed by atoms with Crippen molar-refractivity contribution in [2.45, 2.75) is 12.1 Å². The molecule has 29 heavy (non-hydrogen) atoms. The van der Waals surface area contributed by atoms with Crippen molar-refractivity contribution in [3.63, 3.8) is 0 Å². The molecule has 4 rings (SSSR count). The molecule has 2 aliphatic rings. The highest BCUT2D eigenvalue weighted by Gasteiger charge is 2.48. The van der Waals surface area contributed by atoms with Crippen LogP contribution in [0, 0.1) is 17.7 Å². The Hall–Kier alpha value is -3.86. The summed E-state index contributed by atoms with van der Waals surface area (Å²) in [6.45, 7) is 0.118. The molecule has 0 aliphatic carbocycles. The van der Waals surface area contributed by atoms with Crippen LogP contribution in [0.5, 0.6) is 5.75 Å². The molecule has 0 saturated carbocycles. The lowest BCUT2D eigenvalue weighted by atomic mass is 9.99. The quantitative estimate of drug-likeness (QED) is 0.610. The molecule has 2 aromatic carbocycles. The summed E-state index contributed by atoms with van der Waals surface area (Å²) in [5, 5.41) is 4.67. The van der Waals surface area contributed by atoms with Crippen molar-refractivity contribution in [2.75, 3.05) is 13.7 Å². The first kappa shape index (κ1) is 18.5. The molecule has 2 aromatic rings. The smallest absolute Gasteiger partial charge is 0.323 e. The molecule has 2 aliphatic heterocycles. The van der Waals surface area contributed by atoms with Gasteiger partial charge < -0.3 is 15.0 Å². The number of urea groups is 1. The Kier molecular flexibility index (Phi) is 4.43. The van der Waals surface area contributed by atoms with Crippen LogP contribution in [0.4, 0.5) is 9.18 Å². The van der Waals surface area contributed by atoms with Crippen molar-refractivity contribution in [1.82, 2.24) is 15.5 Å². The molecule has 0 radical (unpaired) electrons. The van der Waals surface area contributed by atoms with Crippen LogP contribution in [0.2, 0.25) is 0 Å². The van der Waals surface area contributed by atoms with Gasteiger partial charge in [-0.2, -0.15) is 0 Å². The first-order valence-corrected chi connectivity index (χ1v) is 8.79. The van der Waals surface area contributed by atoms with E-state index in [1.807, 2.05) is 0 Å². The third-order valence-corrected chi connectivity index (χ3v) is 4.81. The van der Waals surface area contributed by atoms with E-state index in [9.17, 15) is 18.8 Å². The number of hydrogen-bond acceptors (Lipinski definition) is 4. The van der Waals surface area contributed by atoms with E-state index in [1.165, 1.54) is 30.2 Å². The van der Waals surface area contributed by atoms with Gasteiger partial charge in [0.15, 0.2) is 0 Å². The summed E-state index contributed by atoms with van der Waals surface area (Å²) >= 11 is 0. The Bertz CT molecular complexity index is 1100. The maximum Gasteiger partial charge on any atom is 0.323 e. The number of carbonyl (C=O) groups is 3.